The van der Waals surface area contributed by atoms with Gasteiger partial charge in [-0.05, 0) is 24.3 Å². The minimum Gasteiger partial charge on any atom is -0.454 e. The average Bonchev–Trinajstić information content (AvgIpc) is 3.21. The first-order valence-corrected chi connectivity index (χ1v) is 9.46. The number of rotatable bonds is 3. The highest BCUT2D eigenvalue weighted by atomic mass is 35.5. The van der Waals surface area contributed by atoms with Gasteiger partial charge in [0, 0.05) is 48.9 Å². The number of piperazine rings is 1. The van der Waals surface area contributed by atoms with E-state index in [0.29, 0.717) is 5.02 Å². The molecular formula is C18H18ClN3O2S. The maximum absolute atomic E-state index is 11.4. The Kier molecular flexibility index (Phi) is 4.50. The lowest BCUT2D eigenvalue weighted by Crippen LogP contribution is -2.47. The van der Waals surface area contributed by atoms with E-state index in [9.17, 15) is 4.79 Å². The van der Waals surface area contributed by atoms with E-state index in [4.69, 9.17) is 21.0 Å². The van der Waals surface area contributed by atoms with Crippen LogP contribution in [0.3, 0.4) is 0 Å². The summed E-state index contributed by atoms with van der Waals surface area (Å²) in [4.78, 5) is 20.3. The molecule has 0 N–H and O–H groups in total. The molecule has 5 nitrogen and oxygen atoms in total. The van der Waals surface area contributed by atoms with Gasteiger partial charge >= 0.3 is 0 Å². The van der Waals surface area contributed by atoms with Crippen LogP contribution in [0.5, 0.6) is 0 Å². The van der Waals surface area contributed by atoms with Crippen molar-refractivity contribution >= 4 is 39.8 Å². The number of halogens is 1. The van der Waals surface area contributed by atoms with Gasteiger partial charge in [0.05, 0.1) is 6.54 Å². The predicted octanol–water partition coefficient (Wildman–Crippen LogP) is 3.87. The van der Waals surface area contributed by atoms with Gasteiger partial charge in [0.25, 0.3) is 0 Å². The zero-order chi connectivity index (χ0) is 17.4. The molecule has 1 amide bonds. The fourth-order valence-corrected chi connectivity index (χ4v) is 4.05. The fourth-order valence-electron chi connectivity index (χ4n) is 3.05. The van der Waals surface area contributed by atoms with Gasteiger partial charge in [-0.25, -0.2) is 4.98 Å². The molecule has 25 heavy (non-hydrogen) atoms. The monoisotopic (exact) mass is 375 g/mol. The van der Waals surface area contributed by atoms with Crippen LogP contribution in [0.4, 0.5) is 0 Å². The van der Waals surface area contributed by atoms with Crippen LogP contribution >= 0.6 is 22.9 Å². The van der Waals surface area contributed by atoms with E-state index in [2.05, 4.69) is 4.90 Å². The molecule has 0 radical (unpaired) electrons. The Morgan fingerprint density at radius 1 is 1.28 bits per heavy atom. The molecule has 1 aliphatic heterocycles. The first-order chi connectivity index (χ1) is 12.1. The highest BCUT2D eigenvalue weighted by Gasteiger charge is 2.20. The summed E-state index contributed by atoms with van der Waals surface area (Å²) in [5, 5.41) is 4.77. The van der Waals surface area contributed by atoms with Crippen molar-refractivity contribution in [3.05, 3.63) is 39.7 Å². The third-order valence-corrected chi connectivity index (χ3v) is 5.53. The summed E-state index contributed by atoms with van der Waals surface area (Å²) in [5.41, 5.74) is 1.67. The van der Waals surface area contributed by atoms with Crippen LogP contribution in [-0.4, -0.2) is 46.9 Å². The second kappa shape index (κ2) is 6.78. The van der Waals surface area contributed by atoms with E-state index in [0.717, 1.165) is 60.2 Å². The minimum absolute atomic E-state index is 0.154. The molecule has 7 heteroatoms. The summed E-state index contributed by atoms with van der Waals surface area (Å²) in [6.45, 7) is 5.79. The number of aromatic nitrogens is 1. The van der Waals surface area contributed by atoms with Crippen molar-refractivity contribution in [2.75, 3.05) is 26.2 Å². The van der Waals surface area contributed by atoms with Crippen molar-refractivity contribution in [3.8, 4) is 11.5 Å². The highest BCUT2D eigenvalue weighted by molar-refractivity contribution is 7.09. The van der Waals surface area contributed by atoms with Crippen LogP contribution < -0.4 is 0 Å². The van der Waals surface area contributed by atoms with Crippen LogP contribution in [0.1, 0.15) is 11.9 Å². The number of fused-ring (bicyclic) bond motifs is 1. The Hall–Kier alpha value is -1.89. The number of benzene rings is 1. The summed E-state index contributed by atoms with van der Waals surface area (Å²) in [6, 6.07) is 7.57. The third-order valence-electron chi connectivity index (χ3n) is 4.46. The average molecular weight is 376 g/mol. The molecular weight excluding hydrogens is 358 g/mol. The Balaban J connectivity index is 1.45. The van der Waals surface area contributed by atoms with Crippen LogP contribution in [0.15, 0.2) is 34.1 Å². The van der Waals surface area contributed by atoms with Crippen molar-refractivity contribution in [2.24, 2.45) is 0 Å². The van der Waals surface area contributed by atoms with Gasteiger partial charge in [-0.3, -0.25) is 9.69 Å². The lowest BCUT2D eigenvalue weighted by atomic mass is 10.2. The van der Waals surface area contributed by atoms with Gasteiger partial charge in [0.15, 0.2) is 5.76 Å². The normalized spacial score (nSPS) is 15.8. The number of carbonyl (C=O) groups is 1. The van der Waals surface area contributed by atoms with E-state index in [1.165, 1.54) is 0 Å². The molecule has 0 atom stereocenters. The van der Waals surface area contributed by atoms with Crippen molar-refractivity contribution < 1.29 is 9.21 Å². The van der Waals surface area contributed by atoms with E-state index < -0.39 is 0 Å². The van der Waals surface area contributed by atoms with Crippen LogP contribution in [0, 0.1) is 0 Å². The molecule has 0 aliphatic carbocycles. The van der Waals surface area contributed by atoms with Gasteiger partial charge in [-0.2, -0.15) is 0 Å². The molecule has 0 saturated carbocycles. The summed E-state index contributed by atoms with van der Waals surface area (Å²) >= 11 is 7.67. The molecule has 1 fully saturated rings. The van der Waals surface area contributed by atoms with Gasteiger partial charge in [0.1, 0.15) is 16.3 Å². The maximum atomic E-state index is 11.4. The van der Waals surface area contributed by atoms with Gasteiger partial charge < -0.3 is 9.32 Å². The number of hydrogen-bond acceptors (Lipinski definition) is 5. The smallest absolute Gasteiger partial charge is 0.219 e. The second-order valence-corrected chi connectivity index (χ2v) is 7.58. The number of amides is 1. The molecule has 3 heterocycles. The van der Waals surface area contributed by atoms with Crippen molar-refractivity contribution in [2.45, 2.75) is 13.5 Å². The van der Waals surface area contributed by atoms with E-state index in [-0.39, 0.29) is 5.91 Å². The first kappa shape index (κ1) is 16.6. The lowest BCUT2D eigenvalue weighted by molar-refractivity contribution is -0.130. The molecule has 3 aromatic rings. The molecule has 1 saturated heterocycles. The molecule has 1 aromatic carbocycles. The first-order valence-electron chi connectivity index (χ1n) is 8.20. The number of nitrogens with zero attached hydrogens (tertiary/aromatic N) is 3. The van der Waals surface area contributed by atoms with Gasteiger partial charge in [0.2, 0.25) is 5.91 Å². The Bertz CT molecular complexity index is 912. The van der Waals surface area contributed by atoms with Crippen LogP contribution in [0.25, 0.3) is 22.4 Å². The van der Waals surface area contributed by atoms with E-state index in [1.807, 2.05) is 34.5 Å². The number of furan rings is 1. The SMILES string of the molecule is CC(=O)N1CCN(Cc2nc(-c3cc4cc(Cl)ccc4o3)cs2)CC1. The van der Waals surface area contributed by atoms with Crippen molar-refractivity contribution in [1.82, 2.24) is 14.8 Å². The van der Waals surface area contributed by atoms with Crippen LogP contribution in [-0.2, 0) is 11.3 Å². The van der Waals surface area contributed by atoms with E-state index >= 15 is 0 Å². The standard InChI is InChI=1S/C18H18ClN3O2S/c1-12(23)22-6-4-21(5-7-22)10-18-20-15(11-25-18)17-9-13-8-14(19)2-3-16(13)24-17/h2-3,8-9,11H,4-7,10H2,1H3. The Morgan fingerprint density at radius 2 is 2.08 bits per heavy atom. The summed E-state index contributed by atoms with van der Waals surface area (Å²) < 4.78 is 5.88. The summed E-state index contributed by atoms with van der Waals surface area (Å²) in [7, 11) is 0. The molecule has 4 rings (SSSR count). The third kappa shape index (κ3) is 3.56. The predicted molar refractivity (Wildman–Crippen MR) is 99.9 cm³/mol. The number of carbonyl (C=O) groups excluding carboxylic acids is 1. The van der Waals surface area contributed by atoms with Crippen molar-refractivity contribution in [3.63, 3.8) is 0 Å². The van der Waals surface area contributed by atoms with Gasteiger partial charge in [-0.1, -0.05) is 11.6 Å². The number of hydrogen-bond donors (Lipinski definition) is 0. The maximum Gasteiger partial charge on any atom is 0.219 e. The quantitative estimate of drug-likeness (QED) is 0.697. The zero-order valence-electron chi connectivity index (χ0n) is 13.9. The molecule has 0 bridgehead atoms. The van der Waals surface area contributed by atoms with Gasteiger partial charge in [-0.15, -0.1) is 11.3 Å². The molecule has 1 aliphatic rings. The van der Waals surface area contributed by atoms with Crippen LogP contribution in [0.2, 0.25) is 5.02 Å². The minimum atomic E-state index is 0.154. The fraction of sp³-hybridized carbons (Fsp3) is 0.333. The molecule has 0 unspecified atom stereocenters. The Morgan fingerprint density at radius 3 is 2.84 bits per heavy atom. The second-order valence-electron chi connectivity index (χ2n) is 6.20. The lowest BCUT2D eigenvalue weighted by Gasteiger charge is -2.33. The molecule has 0 spiro atoms. The molecule has 2 aromatic heterocycles. The summed E-state index contributed by atoms with van der Waals surface area (Å²) in [5.74, 6) is 0.919. The zero-order valence-corrected chi connectivity index (χ0v) is 15.4. The Labute approximate surface area is 154 Å². The topological polar surface area (TPSA) is 49.6 Å². The summed E-state index contributed by atoms with van der Waals surface area (Å²) in [6.07, 6.45) is 0. The highest BCUT2D eigenvalue weighted by Crippen LogP contribution is 2.30. The largest absolute Gasteiger partial charge is 0.454 e. The van der Waals surface area contributed by atoms with Crippen molar-refractivity contribution in [1.29, 1.82) is 0 Å². The number of thiazole rings is 1. The molecule has 130 valence electrons. The van der Waals surface area contributed by atoms with E-state index in [1.54, 1.807) is 18.3 Å².